The van der Waals surface area contributed by atoms with Crippen LogP contribution >= 0.6 is 0 Å². The van der Waals surface area contributed by atoms with Crippen molar-refractivity contribution in [3.63, 3.8) is 0 Å². The third-order valence-electron chi connectivity index (χ3n) is 3.81. The molecule has 0 spiro atoms. The summed E-state index contributed by atoms with van der Waals surface area (Å²) in [4.78, 5) is 14.5. The molecule has 3 rings (SSSR count). The van der Waals surface area contributed by atoms with Gasteiger partial charge >= 0.3 is 0 Å². The largest absolute Gasteiger partial charge is 0.380 e. The maximum absolute atomic E-state index is 12.6. The Morgan fingerprint density at radius 2 is 1.76 bits per heavy atom. The minimum Gasteiger partial charge on any atom is -0.380 e. The lowest BCUT2D eigenvalue weighted by Gasteiger charge is -2.22. The van der Waals surface area contributed by atoms with Gasteiger partial charge in [-0.15, -0.1) is 0 Å². The van der Waals surface area contributed by atoms with E-state index in [1.54, 1.807) is 0 Å². The Kier molecular flexibility index (Phi) is 4.02. The molecular formula is C18H19NO2. The first-order valence-corrected chi connectivity index (χ1v) is 7.36. The molecule has 0 aliphatic carbocycles. The van der Waals surface area contributed by atoms with Crippen molar-refractivity contribution in [1.82, 2.24) is 0 Å². The van der Waals surface area contributed by atoms with Crippen molar-refractivity contribution >= 4 is 11.6 Å². The monoisotopic (exact) mass is 281 g/mol. The van der Waals surface area contributed by atoms with Crippen LogP contribution in [0.2, 0.25) is 0 Å². The second kappa shape index (κ2) is 6.10. The van der Waals surface area contributed by atoms with E-state index >= 15 is 0 Å². The van der Waals surface area contributed by atoms with Crippen LogP contribution in [0, 0.1) is 0 Å². The summed E-state index contributed by atoms with van der Waals surface area (Å²) in [6, 6.07) is 16.2. The van der Waals surface area contributed by atoms with E-state index in [9.17, 15) is 4.79 Å². The Labute approximate surface area is 125 Å². The van der Waals surface area contributed by atoms with Crippen LogP contribution in [-0.4, -0.2) is 25.7 Å². The molecule has 0 saturated heterocycles. The number of hydrogen-bond donors (Lipinski definition) is 0. The molecule has 2 aromatic carbocycles. The molecular weight excluding hydrogens is 262 g/mol. The van der Waals surface area contributed by atoms with Crippen LogP contribution in [0.3, 0.4) is 0 Å². The normalized spacial score (nSPS) is 13.6. The zero-order chi connectivity index (χ0) is 14.7. The predicted octanol–water partition coefficient (Wildman–Crippen LogP) is 3.28. The number of hydrogen-bond acceptors (Lipinski definition) is 2. The molecule has 108 valence electrons. The lowest BCUT2D eigenvalue weighted by molar-refractivity contribution is -0.118. The highest BCUT2D eigenvalue weighted by Crippen LogP contribution is 2.36. The summed E-state index contributed by atoms with van der Waals surface area (Å²) < 4.78 is 5.42. The molecule has 1 aliphatic heterocycles. The Bertz CT molecular complexity index is 651. The zero-order valence-corrected chi connectivity index (χ0v) is 12.2. The molecule has 0 aromatic heterocycles. The van der Waals surface area contributed by atoms with E-state index in [0.29, 0.717) is 26.2 Å². The van der Waals surface area contributed by atoms with Gasteiger partial charge in [0.1, 0.15) is 0 Å². The van der Waals surface area contributed by atoms with Crippen LogP contribution in [0.4, 0.5) is 5.69 Å². The fraction of sp³-hybridized carbons (Fsp3) is 0.278. The summed E-state index contributed by atoms with van der Waals surface area (Å²) in [5, 5.41) is 0. The predicted molar refractivity (Wildman–Crippen MR) is 84.4 cm³/mol. The second-order valence-corrected chi connectivity index (χ2v) is 5.09. The summed E-state index contributed by atoms with van der Waals surface area (Å²) in [5.74, 6) is 0.132. The highest BCUT2D eigenvalue weighted by atomic mass is 16.5. The minimum atomic E-state index is 0.132. The zero-order valence-electron chi connectivity index (χ0n) is 12.2. The molecule has 0 bridgehead atoms. The van der Waals surface area contributed by atoms with E-state index in [1.807, 2.05) is 48.2 Å². The van der Waals surface area contributed by atoms with Gasteiger partial charge in [0.2, 0.25) is 5.91 Å². The molecule has 1 amide bonds. The summed E-state index contributed by atoms with van der Waals surface area (Å²) in [7, 11) is 0. The third-order valence-corrected chi connectivity index (χ3v) is 3.81. The van der Waals surface area contributed by atoms with Crippen LogP contribution in [0.5, 0.6) is 0 Å². The Balaban J connectivity index is 2.04. The van der Waals surface area contributed by atoms with E-state index in [4.69, 9.17) is 4.74 Å². The second-order valence-electron chi connectivity index (χ2n) is 5.09. The van der Waals surface area contributed by atoms with Gasteiger partial charge in [-0.3, -0.25) is 4.79 Å². The third kappa shape index (κ3) is 2.69. The minimum absolute atomic E-state index is 0.132. The summed E-state index contributed by atoms with van der Waals surface area (Å²) in [6.45, 7) is 3.79. The van der Waals surface area contributed by atoms with Crippen LogP contribution in [0.25, 0.3) is 11.1 Å². The first-order chi connectivity index (χ1) is 10.3. The van der Waals surface area contributed by atoms with Crippen molar-refractivity contribution < 1.29 is 9.53 Å². The van der Waals surface area contributed by atoms with Crippen molar-refractivity contribution in [2.24, 2.45) is 0 Å². The van der Waals surface area contributed by atoms with Gasteiger partial charge in [-0.05, 0) is 24.1 Å². The molecule has 0 saturated carbocycles. The highest BCUT2D eigenvalue weighted by molar-refractivity contribution is 6.02. The number of anilines is 1. The smallest absolute Gasteiger partial charge is 0.231 e. The summed E-state index contributed by atoms with van der Waals surface area (Å²) in [6.07, 6.45) is 0.441. The lowest BCUT2D eigenvalue weighted by Crippen LogP contribution is -2.34. The van der Waals surface area contributed by atoms with E-state index in [2.05, 4.69) is 12.1 Å². The van der Waals surface area contributed by atoms with Gasteiger partial charge in [-0.2, -0.15) is 0 Å². The number of carbonyl (C=O) groups is 1. The van der Waals surface area contributed by atoms with Gasteiger partial charge in [0.05, 0.1) is 18.7 Å². The molecule has 3 heteroatoms. The Morgan fingerprint density at radius 3 is 2.57 bits per heavy atom. The number of para-hydroxylation sites is 1. The van der Waals surface area contributed by atoms with Crippen LogP contribution in [0.1, 0.15) is 12.5 Å². The number of rotatable bonds is 4. The first kappa shape index (κ1) is 13.8. The molecule has 0 unspecified atom stereocenters. The van der Waals surface area contributed by atoms with Crippen molar-refractivity contribution in [2.75, 3.05) is 24.7 Å². The number of benzene rings is 2. The van der Waals surface area contributed by atoms with E-state index in [0.717, 1.165) is 22.4 Å². The van der Waals surface area contributed by atoms with Gasteiger partial charge in [0.15, 0.2) is 0 Å². The van der Waals surface area contributed by atoms with Gasteiger partial charge in [-0.25, -0.2) is 0 Å². The quantitative estimate of drug-likeness (QED) is 0.805. The molecule has 0 N–H and O–H groups in total. The van der Waals surface area contributed by atoms with E-state index < -0.39 is 0 Å². The maximum atomic E-state index is 12.6. The number of carbonyl (C=O) groups excluding carboxylic acids is 1. The van der Waals surface area contributed by atoms with Crippen molar-refractivity contribution in [2.45, 2.75) is 13.3 Å². The number of nitrogens with zero attached hydrogens (tertiary/aromatic N) is 1. The number of fused-ring (bicyclic) bond motifs is 3. The van der Waals surface area contributed by atoms with Gasteiger partial charge in [0.25, 0.3) is 0 Å². The number of amides is 1. The molecule has 0 fully saturated rings. The van der Waals surface area contributed by atoms with E-state index in [-0.39, 0.29) is 5.91 Å². The van der Waals surface area contributed by atoms with Gasteiger partial charge < -0.3 is 9.64 Å². The first-order valence-electron chi connectivity index (χ1n) is 7.36. The maximum Gasteiger partial charge on any atom is 0.231 e. The van der Waals surface area contributed by atoms with Crippen LogP contribution in [0.15, 0.2) is 48.5 Å². The molecule has 1 heterocycles. The average molecular weight is 281 g/mol. The molecule has 0 atom stereocenters. The van der Waals surface area contributed by atoms with Gasteiger partial charge in [0, 0.05) is 18.7 Å². The van der Waals surface area contributed by atoms with Crippen molar-refractivity contribution in [3.05, 3.63) is 54.1 Å². The Morgan fingerprint density at radius 1 is 1.05 bits per heavy atom. The molecule has 3 nitrogen and oxygen atoms in total. The molecule has 0 radical (unpaired) electrons. The molecule has 21 heavy (non-hydrogen) atoms. The average Bonchev–Trinajstić information content (AvgIpc) is 2.63. The van der Waals surface area contributed by atoms with E-state index in [1.165, 1.54) is 0 Å². The van der Waals surface area contributed by atoms with Crippen molar-refractivity contribution in [1.29, 1.82) is 0 Å². The standard InChI is InChI=1S/C18H19NO2/c1-2-21-12-11-19-17-10-6-5-9-16(17)15-8-4-3-7-14(15)13-18(19)20/h3-10H,2,11-13H2,1H3. The van der Waals surface area contributed by atoms with Crippen molar-refractivity contribution in [3.8, 4) is 11.1 Å². The Hall–Kier alpha value is -2.13. The van der Waals surface area contributed by atoms with Crippen LogP contribution in [-0.2, 0) is 16.0 Å². The lowest BCUT2D eigenvalue weighted by atomic mass is 9.98. The summed E-state index contributed by atoms with van der Waals surface area (Å²) in [5.41, 5.74) is 4.34. The highest BCUT2D eigenvalue weighted by Gasteiger charge is 2.24. The SMILES string of the molecule is CCOCCN1C(=O)Cc2ccccc2-c2ccccc21. The number of ether oxygens (including phenoxy) is 1. The van der Waals surface area contributed by atoms with Gasteiger partial charge in [-0.1, -0.05) is 42.5 Å². The fourth-order valence-electron chi connectivity index (χ4n) is 2.81. The topological polar surface area (TPSA) is 29.5 Å². The fourth-order valence-corrected chi connectivity index (χ4v) is 2.81. The summed E-state index contributed by atoms with van der Waals surface area (Å²) >= 11 is 0. The van der Waals surface area contributed by atoms with Crippen LogP contribution < -0.4 is 4.90 Å². The molecule has 1 aliphatic rings. The molecule has 2 aromatic rings.